The van der Waals surface area contributed by atoms with Crippen LogP contribution in [0, 0.1) is 0 Å². The molecule has 16 heavy (non-hydrogen) atoms. The normalized spacial score (nSPS) is 11.9. The number of hydrogen-bond donors (Lipinski definition) is 1. The molecule has 2 aromatic rings. The van der Waals surface area contributed by atoms with Crippen molar-refractivity contribution in [1.29, 1.82) is 0 Å². The molecule has 0 amide bonds. The maximum Gasteiger partial charge on any atom is 0.0905 e. The number of aliphatic imine (C=N–C) groups is 1. The Bertz CT molecular complexity index is 508. The van der Waals surface area contributed by atoms with Gasteiger partial charge in [-0.15, -0.1) is 0 Å². The van der Waals surface area contributed by atoms with Crippen LogP contribution in [0.25, 0.3) is 10.9 Å². The Labute approximate surface area is 95.0 Å². The average molecular weight is 213 g/mol. The molecule has 1 heterocycles. The summed E-state index contributed by atoms with van der Waals surface area (Å²) >= 11 is 0. The molecule has 2 N–H and O–H groups in total. The molecule has 0 radical (unpaired) electrons. The maximum atomic E-state index is 5.50. The molecular weight excluding hydrogens is 198 g/mol. The van der Waals surface area contributed by atoms with Crippen LogP contribution in [0.2, 0.25) is 0 Å². The summed E-state index contributed by atoms with van der Waals surface area (Å²) in [5.41, 5.74) is 7.79. The fourth-order valence-electron chi connectivity index (χ4n) is 1.72. The van der Waals surface area contributed by atoms with Crippen molar-refractivity contribution in [3.63, 3.8) is 0 Å². The number of aromatic nitrogens is 1. The lowest BCUT2D eigenvalue weighted by Crippen LogP contribution is -2.06. The van der Waals surface area contributed by atoms with E-state index in [1.165, 1.54) is 10.9 Å². The molecule has 0 unspecified atom stereocenters. The zero-order valence-electron chi connectivity index (χ0n) is 9.35. The van der Waals surface area contributed by atoms with Gasteiger partial charge in [-0.3, -0.25) is 9.98 Å². The van der Waals surface area contributed by atoms with Gasteiger partial charge in [0.2, 0.25) is 0 Å². The Kier molecular flexibility index (Phi) is 3.15. The first kappa shape index (κ1) is 10.6. The standard InChI is InChI=1S/C13H15N3/c1-10(14)15-9-7-12-5-2-4-11-6-3-8-16-13(11)12/h2-6,8H,7,9H2,1H3,(H2,14,15). The monoisotopic (exact) mass is 213 g/mol. The van der Waals surface area contributed by atoms with Crippen LogP contribution in [0.4, 0.5) is 0 Å². The van der Waals surface area contributed by atoms with Gasteiger partial charge in [0.25, 0.3) is 0 Å². The van der Waals surface area contributed by atoms with Gasteiger partial charge in [0.15, 0.2) is 0 Å². The summed E-state index contributed by atoms with van der Waals surface area (Å²) in [6.45, 7) is 2.53. The van der Waals surface area contributed by atoms with Gasteiger partial charge in [-0.1, -0.05) is 24.3 Å². The summed E-state index contributed by atoms with van der Waals surface area (Å²) in [4.78, 5) is 8.59. The van der Waals surface area contributed by atoms with Crippen molar-refractivity contribution in [3.05, 3.63) is 42.1 Å². The predicted octanol–water partition coefficient (Wildman–Crippen LogP) is 2.15. The van der Waals surface area contributed by atoms with E-state index in [0.29, 0.717) is 5.84 Å². The molecular formula is C13H15N3. The van der Waals surface area contributed by atoms with Crippen LogP contribution in [0.5, 0.6) is 0 Å². The molecule has 82 valence electrons. The van der Waals surface area contributed by atoms with Crippen molar-refractivity contribution in [2.24, 2.45) is 10.7 Å². The lowest BCUT2D eigenvalue weighted by Gasteiger charge is -2.03. The molecule has 3 heteroatoms. The highest BCUT2D eigenvalue weighted by Crippen LogP contribution is 2.16. The molecule has 0 aliphatic heterocycles. The first-order chi connectivity index (χ1) is 7.77. The van der Waals surface area contributed by atoms with E-state index in [0.717, 1.165) is 18.5 Å². The van der Waals surface area contributed by atoms with Crippen LogP contribution < -0.4 is 5.73 Å². The molecule has 0 spiro atoms. The Morgan fingerprint density at radius 3 is 2.94 bits per heavy atom. The number of rotatable bonds is 3. The molecule has 0 aliphatic rings. The first-order valence-corrected chi connectivity index (χ1v) is 5.36. The largest absolute Gasteiger partial charge is 0.388 e. The minimum atomic E-state index is 0.633. The molecule has 1 aromatic carbocycles. The van der Waals surface area contributed by atoms with Crippen LogP contribution in [0.1, 0.15) is 12.5 Å². The third kappa shape index (κ3) is 2.37. The number of nitrogens with two attached hydrogens (primary N) is 1. The second-order valence-corrected chi connectivity index (χ2v) is 3.77. The van der Waals surface area contributed by atoms with Crippen LogP contribution in [0.15, 0.2) is 41.5 Å². The second-order valence-electron chi connectivity index (χ2n) is 3.77. The van der Waals surface area contributed by atoms with Crippen molar-refractivity contribution in [2.45, 2.75) is 13.3 Å². The SMILES string of the molecule is CC(N)=NCCc1cccc2cccnc12. The number of para-hydroxylation sites is 1. The van der Waals surface area contributed by atoms with Crippen LogP contribution >= 0.6 is 0 Å². The van der Waals surface area contributed by atoms with Crippen LogP contribution in [0.3, 0.4) is 0 Å². The third-order valence-electron chi connectivity index (χ3n) is 2.46. The summed E-state index contributed by atoms with van der Waals surface area (Å²) in [6, 6.07) is 10.2. The van der Waals surface area contributed by atoms with Crippen molar-refractivity contribution in [2.75, 3.05) is 6.54 Å². The highest BCUT2D eigenvalue weighted by Gasteiger charge is 2.00. The first-order valence-electron chi connectivity index (χ1n) is 5.36. The molecule has 0 atom stereocenters. The molecule has 0 fully saturated rings. The molecule has 2 rings (SSSR count). The summed E-state index contributed by atoms with van der Waals surface area (Å²) in [6.07, 6.45) is 2.70. The number of nitrogens with zero attached hydrogens (tertiary/aromatic N) is 2. The van der Waals surface area contributed by atoms with E-state index < -0.39 is 0 Å². The van der Waals surface area contributed by atoms with E-state index in [-0.39, 0.29) is 0 Å². The highest BCUT2D eigenvalue weighted by atomic mass is 14.8. The number of fused-ring (bicyclic) bond motifs is 1. The maximum absolute atomic E-state index is 5.50. The number of hydrogen-bond acceptors (Lipinski definition) is 2. The lowest BCUT2D eigenvalue weighted by atomic mass is 10.1. The van der Waals surface area contributed by atoms with Crippen molar-refractivity contribution >= 4 is 16.7 Å². The van der Waals surface area contributed by atoms with Gasteiger partial charge in [0, 0.05) is 18.1 Å². The topological polar surface area (TPSA) is 51.3 Å². The third-order valence-corrected chi connectivity index (χ3v) is 2.46. The zero-order valence-corrected chi connectivity index (χ0v) is 9.35. The smallest absolute Gasteiger partial charge is 0.0905 e. The quantitative estimate of drug-likeness (QED) is 0.627. The van der Waals surface area contributed by atoms with E-state index in [9.17, 15) is 0 Å². The van der Waals surface area contributed by atoms with E-state index in [4.69, 9.17) is 5.73 Å². The minimum Gasteiger partial charge on any atom is -0.388 e. The highest BCUT2D eigenvalue weighted by molar-refractivity contribution is 5.81. The predicted molar refractivity (Wildman–Crippen MR) is 67.6 cm³/mol. The molecule has 0 bridgehead atoms. The fraction of sp³-hybridized carbons (Fsp3) is 0.231. The van der Waals surface area contributed by atoms with Gasteiger partial charge < -0.3 is 5.73 Å². The van der Waals surface area contributed by atoms with Crippen molar-refractivity contribution < 1.29 is 0 Å². The summed E-state index contributed by atoms with van der Waals surface area (Å²) in [7, 11) is 0. The molecule has 1 aromatic heterocycles. The Morgan fingerprint density at radius 2 is 2.12 bits per heavy atom. The van der Waals surface area contributed by atoms with Gasteiger partial charge >= 0.3 is 0 Å². The van der Waals surface area contributed by atoms with E-state index in [1.54, 1.807) is 6.92 Å². The zero-order chi connectivity index (χ0) is 11.4. The van der Waals surface area contributed by atoms with Gasteiger partial charge in [0.1, 0.15) is 0 Å². The molecule has 0 saturated heterocycles. The second kappa shape index (κ2) is 4.75. The van der Waals surface area contributed by atoms with Crippen molar-refractivity contribution in [1.82, 2.24) is 4.98 Å². The number of amidine groups is 1. The van der Waals surface area contributed by atoms with E-state index in [2.05, 4.69) is 34.2 Å². The van der Waals surface area contributed by atoms with Crippen LogP contribution in [-0.2, 0) is 6.42 Å². The van der Waals surface area contributed by atoms with E-state index in [1.807, 2.05) is 12.3 Å². The number of pyridine rings is 1. The Balaban J connectivity index is 2.27. The van der Waals surface area contributed by atoms with Gasteiger partial charge in [-0.05, 0) is 25.0 Å². The average Bonchev–Trinajstić information content (AvgIpc) is 2.29. The summed E-state index contributed by atoms with van der Waals surface area (Å²) < 4.78 is 0. The summed E-state index contributed by atoms with van der Waals surface area (Å²) in [5, 5.41) is 1.17. The fourth-order valence-corrected chi connectivity index (χ4v) is 1.72. The molecule has 0 saturated carbocycles. The van der Waals surface area contributed by atoms with E-state index >= 15 is 0 Å². The minimum absolute atomic E-state index is 0.633. The van der Waals surface area contributed by atoms with Crippen molar-refractivity contribution in [3.8, 4) is 0 Å². The Hall–Kier alpha value is -1.90. The Morgan fingerprint density at radius 1 is 1.31 bits per heavy atom. The molecule has 0 aliphatic carbocycles. The van der Waals surface area contributed by atoms with Gasteiger partial charge in [0.05, 0.1) is 11.4 Å². The summed E-state index contributed by atoms with van der Waals surface area (Å²) in [5.74, 6) is 0.633. The van der Waals surface area contributed by atoms with Crippen LogP contribution in [-0.4, -0.2) is 17.4 Å². The number of benzene rings is 1. The lowest BCUT2D eigenvalue weighted by molar-refractivity contribution is 0.968. The molecule has 3 nitrogen and oxygen atoms in total. The van der Waals surface area contributed by atoms with Gasteiger partial charge in [-0.25, -0.2) is 0 Å². The van der Waals surface area contributed by atoms with Gasteiger partial charge in [-0.2, -0.15) is 0 Å².